The highest BCUT2D eigenvalue weighted by Gasteiger charge is 2.36. The number of aromatic amines is 1. The minimum Gasteiger partial charge on any atom is -0.346 e. The summed E-state index contributed by atoms with van der Waals surface area (Å²) in [6.45, 7) is 1.36. The molecule has 31 heavy (non-hydrogen) atoms. The zero-order chi connectivity index (χ0) is 21.2. The van der Waals surface area contributed by atoms with Gasteiger partial charge in [-0.2, -0.15) is 0 Å². The maximum absolute atomic E-state index is 13.2. The number of hydrogen-bond donors (Lipinski definition) is 2. The summed E-state index contributed by atoms with van der Waals surface area (Å²) in [5.41, 5.74) is 3.02. The number of rotatable bonds is 6. The van der Waals surface area contributed by atoms with Gasteiger partial charge in [0, 0.05) is 24.9 Å². The van der Waals surface area contributed by atoms with Crippen molar-refractivity contribution in [2.45, 2.75) is 38.1 Å². The largest absolute Gasteiger partial charge is 0.346 e. The Balaban J connectivity index is 1.29. The van der Waals surface area contributed by atoms with Crippen LogP contribution in [0.1, 0.15) is 43.1 Å². The first-order valence-electron chi connectivity index (χ1n) is 11.2. The molecule has 1 unspecified atom stereocenters. The average molecular weight is 417 g/mol. The lowest BCUT2D eigenvalue weighted by Crippen LogP contribution is -2.44. The number of carbonyl (C=O) groups is 2. The van der Waals surface area contributed by atoms with Crippen LogP contribution in [-0.2, 0) is 16.0 Å². The second-order valence-corrected chi connectivity index (χ2v) is 8.76. The van der Waals surface area contributed by atoms with E-state index in [1.54, 1.807) is 0 Å². The summed E-state index contributed by atoms with van der Waals surface area (Å²) in [5.74, 6) is 1.29. The summed E-state index contributed by atoms with van der Waals surface area (Å²) in [5, 5.41) is 3.26. The van der Waals surface area contributed by atoms with E-state index in [2.05, 4.69) is 22.4 Å². The van der Waals surface area contributed by atoms with Crippen molar-refractivity contribution in [2.24, 2.45) is 11.8 Å². The molecule has 5 rings (SSSR count). The van der Waals surface area contributed by atoms with Crippen LogP contribution < -0.4 is 5.32 Å². The molecule has 6 heteroatoms. The molecule has 160 valence electrons. The SMILES string of the molecule is O=C(NC(Cc1ccccc1)c1nc2ccccc2[nH]1)C1CCN(C(=O)C2CC2)CC1. The van der Waals surface area contributed by atoms with Crippen LogP contribution in [0, 0.1) is 11.8 Å². The van der Waals surface area contributed by atoms with Gasteiger partial charge < -0.3 is 15.2 Å². The molecule has 0 bridgehead atoms. The van der Waals surface area contributed by atoms with Crippen molar-refractivity contribution in [3.8, 4) is 0 Å². The van der Waals surface area contributed by atoms with Gasteiger partial charge in [0.05, 0.1) is 17.1 Å². The highest BCUT2D eigenvalue weighted by molar-refractivity contribution is 5.82. The zero-order valence-electron chi connectivity index (χ0n) is 17.6. The van der Waals surface area contributed by atoms with Crippen molar-refractivity contribution in [1.29, 1.82) is 0 Å². The molecule has 1 aliphatic heterocycles. The van der Waals surface area contributed by atoms with Crippen LogP contribution in [0.3, 0.4) is 0 Å². The fourth-order valence-electron chi connectivity index (χ4n) is 4.44. The van der Waals surface area contributed by atoms with Gasteiger partial charge in [-0.15, -0.1) is 0 Å². The second kappa shape index (κ2) is 8.53. The second-order valence-electron chi connectivity index (χ2n) is 8.76. The number of nitrogens with one attached hydrogen (secondary N) is 2. The molecule has 0 radical (unpaired) electrons. The van der Waals surface area contributed by atoms with E-state index in [1.807, 2.05) is 47.4 Å². The first-order chi connectivity index (χ1) is 15.2. The predicted molar refractivity (Wildman–Crippen MR) is 119 cm³/mol. The normalized spacial score (nSPS) is 18.1. The number of hydrogen-bond acceptors (Lipinski definition) is 3. The molecular formula is C25H28N4O2. The number of likely N-dealkylation sites (tertiary alicyclic amines) is 1. The minimum atomic E-state index is -0.228. The van der Waals surface area contributed by atoms with Crippen LogP contribution in [0.25, 0.3) is 11.0 Å². The van der Waals surface area contributed by atoms with Crippen LogP contribution in [0.5, 0.6) is 0 Å². The summed E-state index contributed by atoms with van der Waals surface area (Å²) >= 11 is 0. The van der Waals surface area contributed by atoms with Crippen molar-refractivity contribution < 1.29 is 9.59 Å². The van der Waals surface area contributed by atoms with Gasteiger partial charge in [0.1, 0.15) is 5.82 Å². The van der Waals surface area contributed by atoms with E-state index in [9.17, 15) is 9.59 Å². The Morgan fingerprint density at radius 1 is 0.968 bits per heavy atom. The third-order valence-corrected chi connectivity index (χ3v) is 6.44. The molecule has 1 atom stereocenters. The Bertz CT molecular complexity index is 1030. The van der Waals surface area contributed by atoms with E-state index in [0.29, 0.717) is 19.5 Å². The highest BCUT2D eigenvalue weighted by atomic mass is 16.2. The van der Waals surface area contributed by atoms with E-state index in [0.717, 1.165) is 48.1 Å². The first-order valence-corrected chi connectivity index (χ1v) is 11.2. The Kier molecular flexibility index (Phi) is 5.45. The molecule has 2 aliphatic rings. The van der Waals surface area contributed by atoms with Gasteiger partial charge in [-0.1, -0.05) is 42.5 Å². The number of nitrogens with zero attached hydrogens (tertiary/aromatic N) is 2. The number of para-hydroxylation sites is 2. The van der Waals surface area contributed by atoms with Crippen LogP contribution >= 0.6 is 0 Å². The van der Waals surface area contributed by atoms with E-state index in [4.69, 9.17) is 4.98 Å². The van der Waals surface area contributed by atoms with Gasteiger partial charge in [-0.05, 0) is 49.8 Å². The van der Waals surface area contributed by atoms with Crippen LogP contribution in [0.15, 0.2) is 54.6 Å². The molecule has 1 aliphatic carbocycles. The fourth-order valence-corrected chi connectivity index (χ4v) is 4.44. The maximum Gasteiger partial charge on any atom is 0.225 e. The fraction of sp³-hybridized carbons (Fsp3) is 0.400. The lowest BCUT2D eigenvalue weighted by atomic mass is 9.94. The quantitative estimate of drug-likeness (QED) is 0.644. The molecule has 1 saturated heterocycles. The van der Waals surface area contributed by atoms with Gasteiger partial charge >= 0.3 is 0 Å². The summed E-state index contributed by atoms with van der Waals surface area (Å²) in [4.78, 5) is 35.5. The number of aromatic nitrogens is 2. The van der Waals surface area contributed by atoms with E-state index >= 15 is 0 Å². The van der Waals surface area contributed by atoms with Gasteiger partial charge in [0.15, 0.2) is 0 Å². The number of carbonyl (C=O) groups excluding carboxylic acids is 2. The van der Waals surface area contributed by atoms with Crippen molar-refractivity contribution in [1.82, 2.24) is 20.2 Å². The molecule has 6 nitrogen and oxygen atoms in total. The summed E-state index contributed by atoms with van der Waals surface area (Å²) in [6, 6.07) is 17.9. The van der Waals surface area contributed by atoms with Gasteiger partial charge in [0.2, 0.25) is 11.8 Å². The molecule has 2 N–H and O–H groups in total. The monoisotopic (exact) mass is 416 g/mol. The topological polar surface area (TPSA) is 78.1 Å². The summed E-state index contributed by atoms with van der Waals surface area (Å²) in [7, 11) is 0. The van der Waals surface area contributed by atoms with E-state index < -0.39 is 0 Å². The number of piperidine rings is 1. The third-order valence-electron chi connectivity index (χ3n) is 6.44. The highest BCUT2D eigenvalue weighted by Crippen LogP contribution is 2.32. The number of amides is 2. The average Bonchev–Trinajstić information content (AvgIpc) is 3.57. The minimum absolute atomic E-state index is 0.0555. The molecule has 0 spiro atoms. The number of fused-ring (bicyclic) bond motifs is 1. The zero-order valence-corrected chi connectivity index (χ0v) is 17.6. The number of imidazole rings is 1. The Morgan fingerprint density at radius 3 is 2.39 bits per heavy atom. The maximum atomic E-state index is 13.2. The third kappa shape index (κ3) is 4.48. The lowest BCUT2D eigenvalue weighted by molar-refractivity contribution is -0.136. The summed E-state index contributed by atoms with van der Waals surface area (Å²) in [6.07, 6.45) is 4.17. The van der Waals surface area contributed by atoms with Gasteiger partial charge in [-0.25, -0.2) is 4.98 Å². The van der Waals surface area contributed by atoms with Gasteiger partial charge in [-0.3, -0.25) is 9.59 Å². The van der Waals surface area contributed by atoms with Gasteiger partial charge in [0.25, 0.3) is 0 Å². The van der Waals surface area contributed by atoms with Crippen LogP contribution in [-0.4, -0.2) is 39.8 Å². The predicted octanol–water partition coefficient (Wildman–Crippen LogP) is 3.61. The van der Waals surface area contributed by atoms with Crippen molar-refractivity contribution in [3.05, 3.63) is 66.0 Å². The molecule has 2 aromatic carbocycles. The molecular weight excluding hydrogens is 388 g/mol. The molecule has 1 saturated carbocycles. The molecule has 2 amide bonds. The Labute approximate surface area is 182 Å². The van der Waals surface area contributed by atoms with E-state index in [-0.39, 0.29) is 29.7 Å². The summed E-state index contributed by atoms with van der Waals surface area (Å²) < 4.78 is 0. The van der Waals surface area contributed by atoms with E-state index in [1.165, 1.54) is 0 Å². The smallest absolute Gasteiger partial charge is 0.225 e. The van der Waals surface area contributed by atoms with Crippen LogP contribution in [0.4, 0.5) is 0 Å². The first kappa shape index (κ1) is 19.8. The Hall–Kier alpha value is -3.15. The molecule has 1 aromatic heterocycles. The van der Waals surface area contributed by atoms with Crippen molar-refractivity contribution in [3.63, 3.8) is 0 Å². The standard InChI is InChI=1S/C25H28N4O2/c30-24(18-12-14-29(15-13-18)25(31)19-10-11-19)28-22(16-17-6-2-1-3-7-17)23-26-20-8-4-5-9-21(20)27-23/h1-9,18-19,22H,10-16H2,(H,26,27)(H,28,30). The number of H-pyrrole nitrogens is 1. The van der Waals surface area contributed by atoms with Crippen molar-refractivity contribution in [2.75, 3.05) is 13.1 Å². The lowest BCUT2D eigenvalue weighted by Gasteiger charge is -2.32. The molecule has 2 fully saturated rings. The van der Waals surface area contributed by atoms with Crippen molar-refractivity contribution >= 4 is 22.8 Å². The molecule has 2 heterocycles. The Morgan fingerprint density at radius 2 is 1.68 bits per heavy atom. The number of benzene rings is 2. The van der Waals surface area contributed by atoms with Crippen LogP contribution in [0.2, 0.25) is 0 Å². The molecule has 3 aromatic rings.